The number of aliphatic carboxylic acids is 1. The molecular weight excluding hydrogens is 1110 g/mol. The van der Waals surface area contributed by atoms with Crippen molar-refractivity contribution >= 4 is 117 Å². The molecule has 10 rings (SSSR count). The molecule has 3 amide bonds. The number of morpholine rings is 1. The highest BCUT2D eigenvalue weighted by Gasteiger charge is 2.26. The van der Waals surface area contributed by atoms with Gasteiger partial charge in [-0.05, 0) is 155 Å². The zero-order chi connectivity index (χ0) is 57.6. The number of carboxylic acids is 1. The molecule has 0 atom stereocenters. The van der Waals surface area contributed by atoms with Crippen molar-refractivity contribution in [2.75, 3.05) is 92.6 Å². The molecular formula is C52H61N11O13S4. The average molecular weight is 1180 g/mol. The first-order chi connectivity index (χ1) is 38.3. The Balaban J connectivity index is 0.000000157. The van der Waals surface area contributed by atoms with E-state index in [1.54, 1.807) is 21.6 Å². The first-order valence-corrected chi connectivity index (χ1v) is 28.2. The highest BCUT2D eigenvalue weighted by molar-refractivity contribution is 7.14. The molecule has 0 spiro atoms. The van der Waals surface area contributed by atoms with E-state index < -0.39 is 11.9 Å². The van der Waals surface area contributed by atoms with Crippen LogP contribution >= 0.6 is 46.1 Å². The Labute approximate surface area is 476 Å². The predicted octanol–water partition coefficient (Wildman–Crippen LogP) is 7.16. The van der Waals surface area contributed by atoms with E-state index in [0.717, 1.165) is 85.9 Å². The number of methoxy groups -OCH3 is 1. The zero-order valence-electron chi connectivity index (χ0n) is 45.9. The number of esters is 1. The van der Waals surface area contributed by atoms with Gasteiger partial charge in [-0.2, -0.15) is 17.5 Å². The Bertz CT molecular complexity index is 3500. The third-order valence-corrected chi connectivity index (χ3v) is 14.9. The maximum Gasteiger partial charge on any atom is 0.409 e. The SMILES string of the molecule is CCOC(=O)N1CCN(C(=O)COc2nsc3nc(C)cc(C)c23)CC1.COC(=O)COc1nsc2nc(C)cc(C)c12.Cc1cc(C)c2c(OCC(=O)N3CCOCC3)nsc2n1.Cc1cc(C)c2c(OCC(=O)O)nsc2n1. The van der Waals surface area contributed by atoms with Crippen molar-refractivity contribution in [3.8, 4) is 23.5 Å². The molecule has 426 valence electrons. The molecule has 2 fully saturated rings. The summed E-state index contributed by atoms with van der Waals surface area (Å²) in [6.07, 6.45) is -0.330. The molecule has 8 aromatic heterocycles. The minimum atomic E-state index is -1.01. The second kappa shape index (κ2) is 28.1. The molecule has 28 heteroatoms. The number of carbonyl (C=O) groups excluding carboxylic acids is 4. The van der Waals surface area contributed by atoms with Gasteiger partial charge in [-0.1, -0.05) is 0 Å². The topological polar surface area (TPSA) is 283 Å². The Morgan fingerprint density at radius 3 is 1.16 bits per heavy atom. The van der Waals surface area contributed by atoms with Gasteiger partial charge in [-0.3, -0.25) is 9.59 Å². The predicted molar refractivity (Wildman–Crippen MR) is 302 cm³/mol. The number of carbonyl (C=O) groups is 5. The highest BCUT2D eigenvalue weighted by Crippen LogP contribution is 2.34. The summed E-state index contributed by atoms with van der Waals surface area (Å²) in [6.45, 7) is 21.4. The molecule has 0 aromatic carbocycles. The lowest BCUT2D eigenvalue weighted by Crippen LogP contribution is -2.51. The fraction of sp³-hybridized carbons (Fsp3) is 0.442. The van der Waals surface area contributed by atoms with Gasteiger partial charge in [-0.15, -0.1) is 0 Å². The van der Waals surface area contributed by atoms with Crippen LogP contribution in [-0.4, -0.2) is 180 Å². The van der Waals surface area contributed by atoms with E-state index in [9.17, 15) is 24.0 Å². The summed E-state index contributed by atoms with van der Waals surface area (Å²) >= 11 is 5.05. The summed E-state index contributed by atoms with van der Waals surface area (Å²) in [5.41, 5.74) is 7.89. The third kappa shape index (κ3) is 15.6. The summed E-state index contributed by atoms with van der Waals surface area (Å²) in [7, 11) is 1.32. The van der Waals surface area contributed by atoms with Crippen molar-refractivity contribution in [1.82, 2.24) is 52.1 Å². The van der Waals surface area contributed by atoms with E-state index >= 15 is 0 Å². The number of fused-ring (bicyclic) bond motifs is 4. The maximum absolute atomic E-state index is 12.4. The van der Waals surface area contributed by atoms with Crippen LogP contribution in [0.2, 0.25) is 0 Å². The van der Waals surface area contributed by atoms with Crippen LogP contribution in [0.3, 0.4) is 0 Å². The van der Waals surface area contributed by atoms with Crippen LogP contribution in [0.4, 0.5) is 4.79 Å². The van der Waals surface area contributed by atoms with Crippen LogP contribution in [0.15, 0.2) is 24.3 Å². The molecule has 0 unspecified atom stereocenters. The maximum atomic E-state index is 12.4. The van der Waals surface area contributed by atoms with Gasteiger partial charge in [0.15, 0.2) is 26.4 Å². The number of ether oxygens (including phenoxy) is 7. The number of hydrogen-bond acceptors (Lipinski definition) is 24. The third-order valence-electron chi connectivity index (χ3n) is 12.0. The molecule has 8 aromatic rings. The van der Waals surface area contributed by atoms with E-state index in [1.807, 2.05) is 79.7 Å². The summed E-state index contributed by atoms with van der Waals surface area (Å²) in [4.78, 5) is 83.5. The molecule has 2 aliphatic heterocycles. The average Bonchev–Trinajstić information content (AvgIpc) is 4.24. The fourth-order valence-electron chi connectivity index (χ4n) is 8.36. The van der Waals surface area contributed by atoms with Crippen LogP contribution in [0.5, 0.6) is 23.5 Å². The number of aromatic nitrogens is 8. The Morgan fingerprint density at radius 1 is 0.500 bits per heavy atom. The standard InChI is InChI=1S/C17H22N4O4S.C14H17N3O3S.C11H12N2O3S.C10H10N2O3S/c1-4-24-17(23)21-7-5-20(6-8-21)13(22)10-25-15-14-11(2)9-12(3)18-16(14)26-19-15;1-9-7-10(2)15-14-12(9)13(16-21-14)20-8-11(18)17-3-5-19-6-4-17;1-6-4-7(2)12-11-9(6)10(13-17-11)16-5-8(14)15-3;1-5-3-6(2)11-10-8(5)9(12-16-10)15-4-7(13)14/h9H,4-8,10H2,1-3H3;7H,3-6,8H2,1-2H3;4H,5H2,1-3H3;3H,4H2,1-2H3,(H,13,14). The number of amides is 3. The Kier molecular flexibility index (Phi) is 21.1. The van der Waals surface area contributed by atoms with Gasteiger partial charge in [0.05, 0.1) is 48.5 Å². The van der Waals surface area contributed by atoms with Crippen LogP contribution < -0.4 is 18.9 Å². The van der Waals surface area contributed by atoms with Crippen molar-refractivity contribution in [1.29, 1.82) is 0 Å². The van der Waals surface area contributed by atoms with Crippen LogP contribution in [0.25, 0.3) is 40.9 Å². The van der Waals surface area contributed by atoms with Gasteiger partial charge in [-0.25, -0.2) is 34.3 Å². The summed E-state index contributed by atoms with van der Waals surface area (Å²) < 4.78 is 53.2. The van der Waals surface area contributed by atoms with Gasteiger partial charge in [0.1, 0.15) is 19.3 Å². The van der Waals surface area contributed by atoms with E-state index in [1.165, 1.54) is 53.2 Å². The summed E-state index contributed by atoms with van der Waals surface area (Å²) in [6, 6.07) is 7.85. The first-order valence-electron chi connectivity index (χ1n) is 25.1. The van der Waals surface area contributed by atoms with E-state index in [0.29, 0.717) is 82.6 Å². The normalized spacial score (nSPS) is 13.2. The van der Waals surface area contributed by atoms with Crippen molar-refractivity contribution in [2.45, 2.75) is 62.3 Å². The molecule has 24 nitrogen and oxygen atoms in total. The minimum Gasteiger partial charge on any atom is -0.479 e. The minimum absolute atomic E-state index is 0.00610. The molecule has 0 aliphatic carbocycles. The Hall–Kier alpha value is -7.53. The van der Waals surface area contributed by atoms with E-state index in [4.69, 9.17) is 33.5 Å². The fourth-order valence-corrected chi connectivity index (χ4v) is 11.7. The second-order valence-electron chi connectivity index (χ2n) is 18.2. The number of piperazine rings is 1. The molecule has 10 heterocycles. The van der Waals surface area contributed by atoms with Gasteiger partial charge in [0.2, 0.25) is 23.5 Å². The summed E-state index contributed by atoms with van der Waals surface area (Å²) in [5, 5.41) is 12.0. The lowest BCUT2D eigenvalue weighted by molar-refractivity contribution is -0.143. The lowest BCUT2D eigenvalue weighted by atomic mass is 10.2. The molecule has 2 saturated heterocycles. The first kappa shape index (κ1) is 60.1. The quantitative estimate of drug-likeness (QED) is 0.112. The molecule has 0 radical (unpaired) electrons. The van der Waals surface area contributed by atoms with Crippen LogP contribution in [0, 0.1) is 55.4 Å². The van der Waals surface area contributed by atoms with Crippen molar-refractivity contribution < 1.29 is 62.2 Å². The Morgan fingerprint density at radius 2 is 0.825 bits per heavy atom. The van der Waals surface area contributed by atoms with E-state index in [-0.39, 0.29) is 44.3 Å². The monoisotopic (exact) mass is 1180 g/mol. The number of hydrogen-bond donors (Lipinski definition) is 1. The highest BCUT2D eigenvalue weighted by atomic mass is 32.1. The van der Waals surface area contributed by atoms with Gasteiger partial charge in [0, 0.05) is 62.0 Å². The molecule has 0 bridgehead atoms. The van der Waals surface area contributed by atoms with Gasteiger partial charge >= 0.3 is 18.0 Å². The van der Waals surface area contributed by atoms with Crippen molar-refractivity contribution in [2.24, 2.45) is 0 Å². The molecule has 2 aliphatic rings. The summed E-state index contributed by atoms with van der Waals surface area (Å²) in [5.74, 6) is 0.162. The second-order valence-corrected chi connectivity index (χ2v) is 21.2. The number of nitrogens with zero attached hydrogens (tertiary/aromatic N) is 11. The smallest absolute Gasteiger partial charge is 0.409 e. The number of aryl methyl sites for hydroxylation is 8. The van der Waals surface area contributed by atoms with Crippen LogP contribution in [0.1, 0.15) is 52.0 Å². The van der Waals surface area contributed by atoms with Crippen LogP contribution in [-0.2, 0) is 33.4 Å². The largest absolute Gasteiger partial charge is 0.479 e. The lowest BCUT2D eigenvalue weighted by Gasteiger charge is -2.33. The number of carboxylic acid groups (broad SMARTS) is 1. The number of rotatable bonds is 13. The zero-order valence-corrected chi connectivity index (χ0v) is 49.2. The molecule has 0 saturated carbocycles. The van der Waals surface area contributed by atoms with Gasteiger partial charge in [0.25, 0.3) is 11.8 Å². The van der Waals surface area contributed by atoms with E-state index in [2.05, 4.69) is 42.2 Å². The van der Waals surface area contributed by atoms with Crippen molar-refractivity contribution in [3.63, 3.8) is 0 Å². The molecule has 1 N–H and O–H groups in total. The van der Waals surface area contributed by atoms with Crippen molar-refractivity contribution in [3.05, 3.63) is 69.3 Å². The van der Waals surface area contributed by atoms with Gasteiger partial charge < -0.3 is 53.0 Å². The number of pyridine rings is 4. The molecule has 80 heavy (non-hydrogen) atoms.